The predicted molar refractivity (Wildman–Crippen MR) is 64.0 cm³/mol. The first-order valence-electron chi connectivity index (χ1n) is 4.76. The van der Waals surface area contributed by atoms with E-state index in [1.165, 1.54) is 12.1 Å². The van der Waals surface area contributed by atoms with E-state index in [0.717, 1.165) is 12.4 Å². The van der Waals surface area contributed by atoms with Crippen LogP contribution in [-0.2, 0) is 15.8 Å². The monoisotopic (exact) mass is 290 g/mol. The van der Waals surface area contributed by atoms with Crippen molar-refractivity contribution < 1.29 is 12.8 Å². The van der Waals surface area contributed by atoms with Crippen LogP contribution in [0.4, 0.5) is 10.3 Å². The van der Waals surface area contributed by atoms with Crippen LogP contribution in [0, 0.1) is 5.82 Å². The topological polar surface area (TPSA) is 87.7 Å². The van der Waals surface area contributed by atoms with Crippen LogP contribution in [0.15, 0.2) is 24.5 Å². The van der Waals surface area contributed by atoms with E-state index in [1.54, 1.807) is 0 Å². The SMILES string of the molecule is O=S(=O)(Cc1cc(Cl)ccc1F)Nc1ncn[nH]1. The lowest BCUT2D eigenvalue weighted by Gasteiger charge is -2.06. The molecule has 0 unspecified atom stereocenters. The zero-order valence-corrected chi connectivity index (χ0v) is 10.5. The molecule has 0 spiro atoms. The standard InChI is InChI=1S/C9H8ClFN4O2S/c10-7-1-2-8(11)6(3-7)4-18(16,17)15-9-12-5-13-14-9/h1-3,5H,4H2,(H2,12,13,14,15). The molecule has 6 nitrogen and oxygen atoms in total. The number of nitrogens with one attached hydrogen (secondary N) is 2. The summed E-state index contributed by atoms with van der Waals surface area (Å²) >= 11 is 5.68. The normalized spacial score (nSPS) is 11.4. The summed E-state index contributed by atoms with van der Waals surface area (Å²) in [5.41, 5.74) is -0.0190. The highest BCUT2D eigenvalue weighted by Crippen LogP contribution is 2.17. The maximum absolute atomic E-state index is 13.4. The van der Waals surface area contributed by atoms with E-state index in [4.69, 9.17) is 11.6 Å². The van der Waals surface area contributed by atoms with E-state index in [9.17, 15) is 12.8 Å². The number of aromatic nitrogens is 3. The van der Waals surface area contributed by atoms with Gasteiger partial charge in [-0.2, -0.15) is 10.1 Å². The van der Waals surface area contributed by atoms with Gasteiger partial charge in [-0.15, -0.1) is 0 Å². The number of rotatable bonds is 4. The van der Waals surface area contributed by atoms with Gasteiger partial charge in [0.15, 0.2) is 0 Å². The lowest BCUT2D eigenvalue weighted by molar-refractivity contribution is 0.591. The first kappa shape index (κ1) is 12.8. The maximum Gasteiger partial charge on any atom is 0.239 e. The van der Waals surface area contributed by atoms with E-state index >= 15 is 0 Å². The molecule has 0 aliphatic heterocycles. The molecule has 0 aliphatic carbocycles. The molecule has 2 rings (SSSR count). The van der Waals surface area contributed by atoms with Gasteiger partial charge in [0, 0.05) is 10.6 Å². The third-order valence-electron chi connectivity index (χ3n) is 2.02. The Morgan fingerprint density at radius 1 is 1.44 bits per heavy atom. The Morgan fingerprint density at radius 3 is 2.89 bits per heavy atom. The molecule has 0 atom stereocenters. The minimum Gasteiger partial charge on any atom is -0.251 e. The van der Waals surface area contributed by atoms with Crippen molar-refractivity contribution in [3.63, 3.8) is 0 Å². The van der Waals surface area contributed by atoms with Gasteiger partial charge in [-0.1, -0.05) is 11.6 Å². The van der Waals surface area contributed by atoms with Crippen LogP contribution in [0.25, 0.3) is 0 Å². The van der Waals surface area contributed by atoms with Crippen molar-refractivity contribution in [2.45, 2.75) is 5.75 Å². The van der Waals surface area contributed by atoms with Crippen LogP contribution >= 0.6 is 11.6 Å². The van der Waals surface area contributed by atoms with Crippen LogP contribution in [0.2, 0.25) is 5.02 Å². The van der Waals surface area contributed by atoms with Gasteiger partial charge in [0.2, 0.25) is 16.0 Å². The van der Waals surface area contributed by atoms with Crippen LogP contribution in [-0.4, -0.2) is 23.6 Å². The largest absolute Gasteiger partial charge is 0.251 e. The summed E-state index contributed by atoms with van der Waals surface area (Å²) in [4.78, 5) is 3.61. The van der Waals surface area contributed by atoms with Gasteiger partial charge in [0.25, 0.3) is 0 Å². The number of anilines is 1. The van der Waals surface area contributed by atoms with Gasteiger partial charge in [-0.05, 0) is 18.2 Å². The smallest absolute Gasteiger partial charge is 0.239 e. The highest BCUT2D eigenvalue weighted by Gasteiger charge is 2.16. The zero-order valence-electron chi connectivity index (χ0n) is 8.89. The van der Waals surface area contributed by atoms with Gasteiger partial charge >= 0.3 is 0 Å². The average molecular weight is 291 g/mol. The fourth-order valence-corrected chi connectivity index (χ4v) is 2.59. The van der Waals surface area contributed by atoms with Crippen LogP contribution < -0.4 is 4.72 Å². The maximum atomic E-state index is 13.4. The van der Waals surface area contributed by atoms with Gasteiger partial charge in [0.05, 0.1) is 5.75 Å². The minimum atomic E-state index is -3.78. The summed E-state index contributed by atoms with van der Waals surface area (Å²) < 4.78 is 39.0. The van der Waals surface area contributed by atoms with Crippen LogP contribution in [0.3, 0.4) is 0 Å². The molecule has 0 bridgehead atoms. The predicted octanol–water partition coefficient (Wildman–Crippen LogP) is 1.54. The lowest BCUT2D eigenvalue weighted by Crippen LogP contribution is -2.16. The number of hydrogen-bond donors (Lipinski definition) is 2. The molecule has 0 radical (unpaired) electrons. The molecule has 0 fully saturated rings. The molecule has 0 amide bonds. The number of benzene rings is 1. The summed E-state index contributed by atoms with van der Waals surface area (Å²) in [6, 6.07) is 3.72. The lowest BCUT2D eigenvalue weighted by atomic mass is 10.2. The summed E-state index contributed by atoms with van der Waals surface area (Å²) in [5.74, 6) is -1.21. The summed E-state index contributed by atoms with van der Waals surface area (Å²) in [7, 11) is -3.78. The molecule has 0 saturated carbocycles. The number of sulfonamides is 1. The Morgan fingerprint density at radius 2 is 2.22 bits per heavy atom. The van der Waals surface area contributed by atoms with E-state index in [0.29, 0.717) is 0 Å². The second kappa shape index (κ2) is 4.91. The highest BCUT2D eigenvalue weighted by atomic mass is 35.5. The second-order valence-electron chi connectivity index (χ2n) is 3.43. The minimum absolute atomic E-state index is 0.0190. The van der Waals surface area contributed by atoms with E-state index in [2.05, 4.69) is 19.9 Å². The quantitative estimate of drug-likeness (QED) is 0.894. The summed E-state index contributed by atoms with van der Waals surface area (Å²) in [5, 5.41) is 6.09. The Bertz CT molecular complexity index is 645. The van der Waals surface area contributed by atoms with Gasteiger partial charge in [-0.25, -0.2) is 17.9 Å². The molecule has 2 N–H and O–H groups in total. The number of aromatic amines is 1. The third kappa shape index (κ3) is 3.17. The molecule has 1 aromatic carbocycles. The molecule has 0 aliphatic rings. The zero-order chi connectivity index (χ0) is 13.2. The Balaban J connectivity index is 2.20. The molecule has 18 heavy (non-hydrogen) atoms. The molecular formula is C9H8ClFN4O2S. The first-order valence-corrected chi connectivity index (χ1v) is 6.79. The third-order valence-corrected chi connectivity index (χ3v) is 3.45. The molecule has 1 aromatic heterocycles. The van der Waals surface area contributed by atoms with Crippen LogP contribution in [0.1, 0.15) is 5.56 Å². The van der Waals surface area contributed by atoms with Crippen molar-refractivity contribution in [1.82, 2.24) is 15.2 Å². The fourth-order valence-electron chi connectivity index (χ4n) is 1.30. The molecule has 0 saturated heterocycles. The van der Waals surface area contributed by atoms with E-state index in [1.807, 2.05) is 0 Å². The van der Waals surface area contributed by atoms with Crippen molar-refractivity contribution >= 4 is 27.6 Å². The Kier molecular flexibility index (Phi) is 3.48. The second-order valence-corrected chi connectivity index (χ2v) is 5.59. The van der Waals surface area contributed by atoms with Crippen LogP contribution in [0.5, 0.6) is 0 Å². The summed E-state index contributed by atoms with van der Waals surface area (Å²) in [6.45, 7) is 0. The molecule has 1 heterocycles. The van der Waals surface area contributed by atoms with Crippen molar-refractivity contribution in [2.75, 3.05) is 4.72 Å². The first-order chi connectivity index (χ1) is 8.46. The number of H-pyrrole nitrogens is 1. The molecule has 9 heteroatoms. The molecular weight excluding hydrogens is 283 g/mol. The van der Waals surface area contributed by atoms with Crippen molar-refractivity contribution in [3.8, 4) is 0 Å². The van der Waals surface area contributed by atoms with Gasteiger partial charge in [-0.3, -0.25) is 4.72 Å². The number of nitrogens with zero attached hydrogens (tertiary/aromatic N) is 2. The van der Waals surface area contributed by atoms with Crippen molar-refractivity contribution in [2.24, 2.45) is 0 Å². The van der Waals surface area contributed by atoms with Gasteiger partial charge in [0.1, 0.15) is 12.1 Å². The van der Waals surface area contributed by atoms with E-state index < -0.39 is 21.6 Å². The molecule has 2 aromatic rings. The fraction of sp³-hybridized carbons (Fsp3) is 0.111. The number of hydrogen-bond acceptors (Lipinski definition) is 4. The van der Waals surface area contributed by atoms with Crippen molar-refractivity contribution in [3.05, 3.63) is 40.9 Å². The Labute approximate surface area is 107 Å². The van der Waals surface area contributed by atoms with Crippen molar-refractivity contribution in [1.29, 1.82) is 0 Å². The highest BCUT2D eigenvalue weighted by molar-refractivity contribution is 7.91. The number of halogens is 2. The molecule has 96 valence electrons. The van der Waals surface area contributed by atoms with E-state index in [-0.39, 0.29) is 16.5 Å². The van der Waals surface area contributed by atoms with Gasteiger partial charge < -0.3 is 0 Å². The average Bonchev–Trinajstić information content (AvgIpc) is 2.75. The summed E-state index contributed by atoms with van der Waals surface area (Å²) in [6.07, 6.45) is 1.15. The Hall–Kier alpha value is -1.67.